The maximum Gasteiger partial charge on any atom is 0.387 e. The average molecular weight is 514 g/mol. The number of hydrogen-bond acceptors (Lipinski definition) is 7. The van der Waals surface area contributed by atoms with Gasteiger partial charge in [-0.05, 0) is 36.2 Å². The van der Waals surface area contributed by atoms with Crippen LogP contribution in [-0.4, -0.2) is 46.0 Å². The second-order valence-electron chi connectivity index (χ2n) is 7.33. The molecule has 0 spiro atoms. The van der Waals surface area contributed by atoms with Crippen molar-refractivity contribution >= 4 is 38.3 Å². The highest BCUT2D eigenvalue weighted by Crippen LogP contribution is 2.42. The first-order chi connectivity index (χ1) is 16.0. The van der Waals surface area contributed by atoms with E-state index in [2.05, 4.69) is 9.72 Å². The molecule has 0 atom stereocenters. The predicted octanol–water partition coefficient (Wildman–Crippen LogP) is 4.60. The fourth-order valence-electron chi connectivity index (χ4n) is 3.43. The molecule has 11 heteroatoms. The number of ether oxygens (including phenoxy) is 3. The summed E-state index contributed by atoms with van der Waals surface area (Å²) in [4.78, 5) is 16.3. The van der Waals surface area contributed by atoms with Gasteiger partial charge in [0.25, 0.3) is 0 Å². The van der Waals surface area contributed by atoms with Crippen LogP contribution >= 0.6 is 11.6 Å². The molecule has 0 aliphatic carbocycles. The number of carbonyl (C=O) groups is 1. The van der Waals surface area contributed by atoms with Gasteiger partial charge in [0, 0.05) is 23.9 Å². The van der Waals surface area contributed by atoms with Gasteiger partial charge in [0.05, 0.1) is 27.9 Å². The Morgan fingerprint density at radius 2 is 1.82 bits per heavy atom. The van der Waals surface area contributed by atoms with Gasteiger partial charge in [-0.15, -0.1) is 0 Å². The zero-order chi connectivity index (χ0) is 25.0. The van der Waals surface area contributed by atoms with E-state index in [1.54, 1.807) is 12.1 Å². The van der Waals surface area contributed by atoms with Crippen LogP contribution in [0.5, 0.6) is 11.5 Å². The Labute approximate surface area is 200 Å². The van der Waals surface area contributed by atoms with Crippen LogP contribution < -0.4 is 9.47 Å². The average Bonchev–Trinajstić information content (AvgIpc) is 2.79. The molecular formula is C23H22ClF2NO6S. The number of methoxy groups -OCH3 is 1. The van der Waals surface area contributed by atoms with Gasteiger partial charge in [-0.2, -0.15) is 8.78 Å². The monoisotopic (exact) mass is 513 g/mol. The molecule has 0 N–H and O–H groups in total. The largest absolute Gasteiger partial charge is 0.481 e. The molecule has 182 valence electrons. The number of hydrogen-bond donors (Lipinski definition) is 0. The van der Waals surface area contributed by atoms with Crippen molar-refractivity contribution in [2.45, 2.75) is 31.3 Å². The SMILES string of the molecule is CCc1nc2c(Cl)ccc(OCC(=O)OC)c2c(OC(F)F)c1Cc1ccc(S(C)(=O)=O)cc1. The first-order valence-corrected chi connectivity index (χ1v) is 12.4. The third-order valence-electron chi connectivity index (χ3n) is 5.03. The van der Waals surface area contributed by atoms with E-state index in [0.29, 0.717) is 23.2 Å². The third-order valence-corrected chi connectivity index (χ3v) is 6.47. The lowest BCUT2D eigenvalue weighted by Gasteiger charge is -2.19. The van der Waals surface area contributed by atoms with Gasteiger partial charge < -0.3 is 14.2 Å². The summed E-state index contributed by atoms with van der Waals surface area (Å²) in [5.74, 6) is -0.764. The minimum Gasteiger partial charge on any atom is -0.481 e. The summed E-state index contributed by atoms with van der Waals surface area (Å²) < 4.78 is 65.6. The fourth-order valence-corrected chi connectivity index (χ4v) is 4.26. The molecule has 34 heavy (non-hydrogen) atoms. The Kier molecular flexibility index (Phi) is 7.93. The number of sulfone groups is 1. The number of pyridine rings is 1. The number of alkyl halides is 2. The van der Waals surface area contributed by atoms with Crippen LogP contribution in [0.3, 0.4) is 0 Å². The molecule has 2 aromatic carbocycles. The molecule has 0 amide bonds. The number of halogens is 3. The molecule has 0 bridgehead atoms. The van der Waals surface area contributed by atoms with E-state index in [1.807, 2.05) is 6.92 Å². The molecule has 0 radical (unpaired) electrons. The number of aromatic nitrogens is 1. The Bertz CT molecular complexity index is 1310. The highest BCUT2D eigenvalue weighted by molar-refractivity contribution is 7.90. The van der Waals surface area contributed by atoms with Crippen molar-refractivity contribution < 1.29 is 36.2 Å². The molecule has 0 aliphatic rings. The predicted molar refractivity (Wildman–Crippen MR) is 123 cm³/mol. The van der Waals surface area contributed by atoms with Crippen molar-refractivity contribution in [3.05, 3.63) is 58.2 Å². The van der Waals surface area contributed by atoms with Crippen molar-refractivity contribution in [3.8, 4) is 11.5 Å². The van der Waals surface area contributed by atoms with Crippen LogP contribution in [0, 0.1) is 0 Å². The van der Waals surface area contributed by atoms with Gasteiger partial charge >= 0.3 is 12.6 Å². The third kappa shape index (κ3) is 5.74. The normalized spacial score (nSPS) is 11.6. The van der Waals surface area contributed by atoms with E-state index < -0.39 is 29.0 Å². The Morgan fingerprint density at radius 3 is 2.38 bits per heavy atom. The Morgan fingerprint density at radius 1 is 1.15 bits per heavy atom. The molecule has 0 fully saturated rings. The van der Waals surface area contributed by atoms with Gasteiger partial charge in [-0.3, -0.25) is 4.98 Å². The summed E-state index contributed by atoms with van der Waals surface area (Å²) in [7, 11) is -2.20. The second-order valence-corrected chi connectivity index (χ2v) is 9.75. The van der Waals surface area contributed by atoms with E-state index in [4.69, 9.17) is 21.1 Å². The lowest BCUT2D eigenvalue weighted by Crippen LogP contribution is -2.14. The van der Waals surface area contributed by atoms with Crippen LogP contribution in [0.25, 0.3) is 10.9 Å². The Balaban J connectivity index is 2.21. The summed E-state index contributed by atoms with van der Waals surface area (Å²) in [6, 6.07) is 9.00. The van der Waals surface area contributed by atoms with E-state index in [1.165, 1.54) is 31.4 Å². The van der Waals surface area contributed by atoms with E-state index in [-0.39, 0.29) is 38.7 Å². The molecule has 0 saturated heterocycles. The number of carbonyl (C=O) groups excluding carboxylic acids is 1. The van der Waals surface area contributed by atoms with Gasteiger partial charge in [0.2, 0.25) is 0 Å². The number of esters is 1. The molecule has 0 saturated carbocycles. The van der Waals surface area contributed by atoms with Crippen LogP contribution in [0.2, 0.25) is 5.02 Å². The minimum absolute atomic E-state index is 0.0734. The maximum atomic E-state index is 13.5. The second kappa shape index (κ2) is 10.5. The van der Waals surface area contributed by atoms with Gasteiger partial charge in [0.1, 0.15) is 11.5 Å². The number of benzene rings is 2. The fraction of sp³-hybridized carbons (Fsp3) is 0.304. The topological polar surface area (TPSA) is 91.8 Å². The molecule has 7 nitrogen and oxygen atoms in total. The summed E-state index contributed by atoms with van der Waals surface area (Å²) in [6.07, 6.45) is 1.61. The lowest BCUT2D eigenvalue weighted by molar-refractivity contribution is -0.142. The number of nitrogens with zero attached hydrogens (tertiary/aromatic N) is 1. The number of fused-ring (bicyclic) bond motifs is 1. The molecule has 0 unspecified atom stereocenters. The van der Waals surface area contributed by atoms with Gasteiger partial charge in [-0.25, -0.2) is 13.2 Å². The first kappa shape index (κ1) is 25.6. The summed E-state index contributed by atoms with van der Waals surface area (Å²) in [5, 5.41) is 0.287. The quantitative estimate of drug-likeness (QED) is 0.386. The molecular weight excluding hydrogens is 492 g/mol. The van der Waals surface area contributed by atoms with Crippen LogP contribution in [0.1, 0.15) is 23.7 Å². The van der Waals surface area contributed by atoms with E-state index in [0.717, 1.165) is 6.26 Å². The number of rotatable bonds is 9. The van der Waals surface area contributed by atoms with Gasteiger partial charge in [0.15, 0.2) is 16.4 Å². The van der Waals surface area contributed by atoms with Crippen molar-refractivity contribution in [1.29, 1.82) is 0 Å². The molecule has 0 aliphatic heterocycles. The Hall–Kier alpha value is -2.98. The zero-order valence-corrected chi connectivity index (χ0v) is 20.2. The smallest absolute Gasteiger partial charge is 0.387 e. The first-order valence-electron chi connectivity index (χ1n) is 10.1. The highest BCUT2D eigenvalue weighted by atomic mass is 35.5. The van der Waals surface area contributed by atoms with E-state index >= 15 is 0 Å². The van der Waals surface area contributed by atoms with Crippen molar-refractivity contribution in [2.75, 3.05) is 20.0 Å². The molecule has 1 aromatic heterocycles. The highest BCUT2D eigenvalue weighted by Gasteiger charge is 2.24. The van der Waals surface area contributed by atoms with Crippen LogP contribution in [0.15, 0.2) is 41.3 Å². The van der Waals surface area contributed by atoms with Crippen LogP contribution in [-0.2, 0) is 32.2 Å². The number of aryl methyl sites for hydroxylation is 1. The summed E-state index contributed by atoms with van der Waals surface area (Å²) in [6.45, 7) is -1.81. The van der Waals surface area contributed by atoms with Crippen molar-refractivity contribution in [1.82, 2.24) is 4.98 Å². The lowest BCUT2D eigenvalue weighted by atomic mass is 9.98. The summed E-state index contributed by atoms with van der Waals surface area (Å²) in [5.41, 5.74) is 1.68. The molecule has 3 aromatic rings. The molecule has 1 heterocycles. The van der Waals surface area contributed by atoms with Gasteiger partial charge in [-0.1, -0.05) is 30.7 Å². The summed E-state index contributed by atoms with van der Waals surface area (Å²) >= 11 is 6.32. The van der Waals surface area contributed by atoms with Crippen molar-refractivity contribution in [3.63, 3.8) is 0 Å². The minimum atomic E-state index is -3.39. The van der Waals surface area contributed by atoms with E-state index in [9.17, 15) is 22.0 Å². The standard InChI is InChI=1S/C23H22ClF2NO6S/c1-4-17-15(11-13-5-7-14(8-6-13)34(3,29)30)22(33-23(25)26)20-18(32-12-19(28)31-2)10-9-16(24)21(20)27-17/h5-10,23H,4,11-12H2,1-3H3. The van der Waals surface area contributed by atoms with Crippen molar-refractivity contribution in [2.24, 2.45) is 0 Å². The maximum absolute atomic E-state index is 13.5. The van der Waals surface area contributed by atoms with Crippen LogP contribution in [0.4, 0.5) is 8.78 Å². The molecule has 3 rings (SSSR count). The zero-order valence-electron chi connectivity index (χ0n) is 18.6.